The fourth-order valence-corrected chi connectivity index (χ4v) is 3.36. The van der Waals surface area contributed by atoms with Crippen LogP contribution in [0.5, 0.6) is 5.75 Å². The molecule has 1 aromatic heterocycles. The molecule has 2 aromatic rings. The van der Waals surface area contributed by atoms with Gasteiger partial charge in [0.2, 0.25) is 0 Å². The van der Waals surface area contributed by atoms with Crippen LogP contribution in [0.15, 0.2) is 18.2 Å². The van der Waals surface area contributed by atoms with Gasteiger partial charge in [-0.15, -0.1) is 11.6 Å². The first-order valence-electron chi connectivity index (χ1n) is 7.52. The van der Waals surface area contributed by atoms with Gasteiger partial charge in [0.1, 0.15) is 11.6 Å². The third-order valence-corrected chi connectivity index (χ3v) is 4.61. The fourth-order valence-electron chi connectivity index (χ4n) is 3.19. The molecule has 114 valence electrons. The number of hydrogen-bond acceptors (Lipinski definition) is 3. The first-order chi connectivity index (χ1) is 10.2. The smallest absolute Gasteiger partial charge is 0.121 e. The molecule has 5 heteroatoms. The van der Waals surface area contributed by atoms with Gasteiger partial charge in [0.25, 0.3) is 0 Å². The number of nitrogens with zero attached hydrogens (tertiary/aromatic N) is 3. The molecule has 0 saturated carbocycles. The molecule has 1 fully saturated rings. The third-order valence-electron chi connectivity index (χ3n) is 4.42. The summed E-state index contributed by atoms with van der Waals surface area (Å²) in [5, 5.41) is 0. The molecule has 1 saturated heterocycles. The van der Waals surface area contributed by atoms with Gasteiger partial charge in [-0.3, -0.25) is 0 Å². The minimum absolute atomic E-state index is 0.596. The highest BCUT2D eigenvalue weighted by Gasteiger charge is 2.23. The number of hydrogen-bond donors (Lipinski definition) is 0. The highest BCUT2D eigenvalue weighted by atomic mass is 35.5. The Morgan fingerprint density at radius 1 is 1.43 bits per heavy atom. The van der Waals surface area contributed by atoms with E-state index in [4.69, 9.17) is 21.3 Å². The van der Waals surface area contributed by atoms with Crippen molar-refractivity contribution in [3.05, 3.63) is 24.0 Å². The number of ether oxygens (including phenoxy) is 1. The molecule has 0 bridgehead atoms. The average molecular weight is 308 g/mol. The van der Waals surface area contributed by atoms with Crippen molar-refractivity contribution in [3.8, 4) is 5.75 Å². The number of imidazole rings is 1. The lowest BCUT2D eigenvalue weighted by Crippen LogP contribution is -2.29. The summed E-state index contributed by atoms with van der Waals surface area (Å²) in [6, 6.07) is 6.71. The Kier molecular flexibility index (Phi) is 4.36. The monoisotopic (exact) mass is 307 g/mol. The van der Waals surface area contributed by atoms with Crippen LogP contribution in [-0.2, 0) is 13.0 Å². The second-order valence-electron chi connectivity index (χ2n) is 5.71. The predicted octanol–water partition coefficient (Wildman–Crippen LogP) is 2.92. The number of likely N-dealkylation sites (N-methyl/N-ethyl adjacent to an activating group) is 1. The Hall–Kier alpha value is -1.26. The zero-order valence-electron chi connectivity index (χ0n) is 12.7. The number of fused-ring (bicyclic) bond motifs is 1. The second kappa shape index (κ2) is 6.24. The molecule has 21 heavy (non-hydrogen) atoms. The molecule has 0 amide bonds. The Labute approximate surface area is 130 Å². The highest BCUT2D eigenvalue weighted by Crippen LogP contribution is 2.25. The van der Waals surface area contributed by atoms with E-state index >= 15 is 0 Å². The van der Waals surface area contributed by atoms with Crippen LogP contribution in [0.3, 0.4) is 0 Å². The van der Waals surface area contributed by atoms with E-state index in [1.165, 1.54) is 24.9 Å². The van der Waals surface area contributed by atoms with Crippen molar-refractivity contribution in [2.24, 2.45) is 0 Å². The number of halogens is 1. The lowest BCUT2D eigenvalue weighted by molar-refractivity contribution is 0.282. The average Bonchev–Trinajstić information content (AvgIpc) is 3.04. The summed E-state index contributed by atoms with van der Waals surface area (Å²) in [4.78, 5) is 7.20. The van der Waals surface area contributed by atoms with E-state index in [2.05, 4.69) is 22.6 Å². The van der Waals surface area contributed by atoms with Gasteiger partial charge in [-0.2, -0.15) is 0 Å². The minimum atomic E-state index is 0.596. The number of likely N-dealkylation sites (tertiary alicyclic amines) is 1. The lowest BCUT2D eigenvalue weighted by atomic mass is 10.2. The largest absolute Gasteiger partial charge is 0.497 e. The van der Waals surface area contributed by atoms with Gasteiger partial charge in [-0.1, -0.05) is 0 Å². The van der Waals surface area contributed by atoms with E-state index in [1.807, 2.05) is 12.1 Å². The van der Waals surface area contributed by atoms with Crippen LogP contribution in [0.1, 0.15) is 18.7 Å². The van der Waals surface area contributed by atoms with E-state index in [9.17, 15) is 0 Å². The van der Waals surface area contributed by atoms with Crippen molar-refractivity contribution in [3.63, 3.8) is 0 Å². The Morgan fingerprint density at radius 3 is 2.95 bits per heavy atom. The number of benzene rings is 1. The van der Waals surface area contributed by atoms with E-state index in [1.54, 1.807) is 7.11 Å². The van der Waals surface area contributed by atoms with Crippen LogP contribution >= 0.6 is 11.6 Å². The maximum atomic E-state index is 5.95. The zero-order valence-corrected chi connectivity index (χ0v) is 13.4. The second-order valence-corrected chi connectivity index (χ2v) is 6.09. The van der Waals surface area contributed by atoms with Crippen molar-refractivity contribution >= 4 is 22.6 Å². The van der Waals surface area contributed by atoms with Gasteiger partial charge in [-0.05, 0) is 38.6 Å². The van der Waals surface area contributed by atoms with Gasteiger partial charge in [0.15, 0.2) is 0 Å². The number of alkyl halides is 1. The first kappa shape index (κ1) is 14.7. The van der Waals surface area contributed by atoms with Crippen molar-refractivity contribution < 1.29 is 4.74 Å². The summed E-state index contributed by atoms with van der Waals surface area (Å²) in [6.07, 6.45) is 3.34. The molecule has 1 atom stereocenters. The van der Waals surface area contributed by atoms with Crippen molar-refractivity contribution in [2.75, 3.05) is 26.6 Å². The number of aromatic nitrogens is 2. The number of aryl methyl sites for hydroxylation is 1. The van der Waals surface area contributed by atoms with Crippen LogP contribution in [-0.4, -0.2) is 47.1 Å². The molecule has 2 heterocycles. The summed E-state index contributed by atoms with van der Waals surface area (Å²) in [7, 11) is 3.90. The Morgan fingerprint density at radius 2 is 2.29 bits per heavy atom. The normalized spacial score (nSPS) is 19.5. The van der Waals surface area contributed by atoms with Crippen LogP contribution in [0.2, 0.25) is 0 Å². The molecule has 0 N–H and O–H groups in total. The summed E-state index contributed by atoms with van der Waals surface area (Å²) in [6.45, 7) is 2.18. The summed E-state index contributed by atoms with van der Waals surface area (Å²) < 4.78 is 7.64. The third kappa shape index (κ3) is 2.87. The van der Waals surface area contributed by atoms with E-state index < -0.39 is 0 Å². The lowest BCUT2D eigenvalue weighted by Gasteiger charge is -2.21. The van der Waals surface area contributed by atoms with Crippen molar-refractivity contribution in [1.82, 2.24) is 14.5 Å². The standard InChI is InChI=1S/C16H22ClN3O/c1-19-9-3-4-12(19)11-20-15-6-5-13(21-2)10-14(15)18-16(20)7-8-17/h5-6,10,12H,3-4,7-9,11H2,1-2H3. The van der Waals surface area contributed by atoms with Gasteiger partial charge < -0.3 is 14.2 Å². The molecule has 1 aliphatic heterocycles. The van der Waals surface area contributed by atoms with Crippen molar-refractivity contribution in [1.29, 1.82) is 0 Å². The van der Waals surface area contributed by atoms with Crippen LogP contribution < -0.4 is 4.74 Å². The van der Waals surface area contributed by atoms with Crippen LogP contribution in [0.4, 0.5) is 0 Å². The molecule has 0 aliphatic carbocycles. The van der Waals surface area contributed by atoms with Crippen LogP contribution in [0, 0.1) is 0 Å². The van der Waals surface area contributed by atoms with Gasteiger partial charge in [0.05, 0.1) is 18.1 Å². The molecule has 1 unspecified atom stereocenters. The van der Waals surface area contributed by atoms with Crippen molar-refractivity contribution in [2.45, 2.75) is 31.8 Å². The maximum absolute atomic E-state index is 5.95. The van der Waals surface area contributed by atoms with Gasteiger partial charge in [0, 0.05) is 31.0 Å². The Balaban J connectivity index is 1.99. The van der Waals surface area contributed by atoms with E-state index in [0.29, 0.717) is 11.9 Å². The summed E-state index contributed by atoms with van der Waals surface area (Å²) in [5.41, 5.74) is 2.17. The fraction of sp³-hybridized carbons (Fsp3) is 0.562. The molecular weight excluding hydrogens is 286 g/mol. The summed E-state index contributed by atoms with van der Waals surface area (Å²) in [5.74, 6) is 2.53. The first-order valence-corrected chi connectivity index (χ1v) is 8.05. The number of methoxy groups -OCH3 is 1. The molecule has 0 radical (unpaired) electrons. The van der Waals surface area contributed by atoms with Gasteiger partial charge >= 0.3 is 0 Å². The number of rotatable bonds is 5. The molecular formula is C16H22ClN3O. The highest BCUT2D eigenvalue weighted by molar-refractivity contribution is 6.17. The molecule has 0 spiro atoms. The zero-order chi connectivity index (χ0) is 14.8. The van der Waals surface area contributed by atoms with E-state index in [0.717, 1.165) is 30.1 Å². The van der Waals surface area contributed by atoms with Gasteiger partial charge in [-0.25, -0.2) is 4.98 Å². The molecule has 1 aromatic carbocycles. The predicted molar refractivity (Wildman–Crippen MR) is 86.4 cm³/mol. The molecule has 3 rings (SSSR count). The maximum Gasteiger partial charge on any atom is 0.121 e. The van der Waals surface area contributed by atoms with Crippen LogP contribution in [0.25, 0.3) is 11.0 Å². The molecule has 4 nitrogen and oxygen atoms in total. The SMILES string of the molecule is COc1ccc2c(c1)nc(CCCl)n2CC1CCCN1C. The van der Waals surface area contributed by atoms with E-state index in [-0.39, 0.29) is 0 Å². The quantitative estimate of drug-likeness (QED) is 0.796. The topological polar surface area (TPSA) is 30.3 Å². The molecule has 1 aliphatic rings. The minimum Gasteiger partial charge on any atom is -0.497 e. The summed E-state index contributed by atoms with van der Waals surface area (Å²) >= 11 is 5.95. The Bertz CT molecular complexity index is 625.